The van der Waals surface area contributed by atoms with Crippen molar-refractivity contribution in [3.05, 3.63) is 12.7 Å². The Hall–Kier alpha value is -0.830. The van der Waals surface area contributed by atoms with Gasteiger partial charge in [-0.2, -0.15) is 0 Å². The molecule has 70 valence electrons. The van der Waals surface area contributed by atoms with Gasteiger partial charge in [-0.05, 0) is 6.42 Å². The van der Waals surface area contributed by atoms with Crippen LogP contribution < -0.4 is 0 Å². The number of ether oxygens (including phenoxy) is 2. The third-order valence-corrected chi connectivity index (χ3v) is 1.53. The number of rotatable bonds is 6. The van der Waals surface area contributed by atoms with E-state index in [2.05, 4.69) is 11.3 Å². The van der Waals surface area contributed by atoms with Crippen molar-refractivity contribution in [3.63, 3.8) is 0 Å². The van der Waals surface area contributed by atoms with Crippen LogP contribution in [-0.2, 0) is 14.3 Å². The van der Waals surface area contributed by atoms with Gasteiger partial charge in [0.25, 0.3) is 0 Å². The fourth-order valence-electron chi connectivity index (χ4n) is 0.794. The van der Waals surface area contributed by atoms with E-state index in [9.17, 15) is 4.79 Å². The Morgan fingerprint density at radius 3 is 2.75 bits per heavy atom. The molecule has 0 saturated carbocycles. The van der Waals surface area contributed by atoms with Crippen LogP contribution in [0.5, 0.6) is 0 Å². The van der Waals surface area contributed by atoms with E-state index in [-0.39, 0.29) is 12.1 Å². The molecule has 0 aliphatic carbocycles. The van der Waals surface area contributed by atoms with Gasteiger partial charge >= 0.3 is 5.97 Å². The van der Waals surface area contributed by atoms with Crippen molar-refractivity contribution >= 4 is 5.97 Å². The quantitative estimate of drug-likeness (QED) is 0.450. The number of hydrogen-bond donors (Lipinski definition) is 0. The standard InChI is InChI=1S/C9H16O3/c1-4-6-12-8(5-2)7-9(10)11-3/h4,8H,1,5-7H2,2-3H3. The second-order valence-corrected chi connectivity index (χ2v) is 2.43. The number of hydrogen-bond acceptors (Lipinski definition) is 3. The molecule has 3 nitrogen and oxygen atoms in total. The molecule has 12 heavy (non-hydrogen) atoms. The summed E-state index contributed by atoms with van der Waals surface area (Å²) in [6, 6.07) is 0. The molecule has 0 radical (unpaired) electrons. The highest BCUT2D eigenvalue weighted by molar-refractivity contribution is 5.69. The van der Waals surface area contributed by atoms with Gasteiger partial charge in [0.2, 0.25) is 0 Å². The zero-order valence-electron chi connectivity index (χ0n) is 7.71. The number of carbonyl (C=O) groups excluding carboxylic acids is 1. The van der Waals surface area contributed by atoms with Gasteiger partial charge in [0.05, 0.1) is 26.2 Å². The van der Waals surface area contributed by atoms with E-state index in [0.717, 1.165) is 6.42 Å². The van der Waals surface area contributed by atoms with Crippen LogP contribution in [-0.4, -0.2) is 25.8 Å². The number of methoxy groups -OCH3 is 1. The first-order chi connectivity index (χ1) is 5.74. The van der Waals surface area contributed by atoms with Crippen LogP contribution in [0.3, 0.4) is 0 Å². The predicted octanol–water partition coefficient (Wildman–Crippen LogP) is 1.53. The molecule has 0 heterocycles. The number of carbonyl (C=O) groups is 1. The van der Waals surface area contributed by atoms with Gasteiger partial charge in [-0.25, -0.2) is 0 Å². The largest absolute Gasteiger partial charge is 0.469 e. The van der Waals surface area contributed by atoms with Crippen LogP contribution in [0, 0.1) is 0 Å². The van der Waals surface area contributed by atoms with Crippen molar-refractivity contribution in [1.29, 1.82) is 0 Å². The van der Waals surface area contributed by atoms with Crippen LogP contribution in [0.4, 0.5) is 0 Å². The second kappa shape index (κ2) is 6.85. The zero-order chi connectivity index (χ0) is 9.40. The molecule has 1 atom stereocenters. The summed E-state index contributed by atoms with van der Waals surface area (Å²) >= 11 is 0. The maximum Gasteiger partial charge on any atom is 0.308 e. The number of esters is 1. The van der Waals surface area contributed by atoms with Crippen molar-refractivity contribution in [3.8, 4) is 0 Å². The van der Waals surface area contributed by atoms with Gasteiger partial charge in [-0.1, -0.05) is 13.0 Å². The van der Waals surface area contributed by atoms with Crippen molar-refractivity contribution < 1.29 is 14.3 Å². The molecule has 0 fully saturated rings. The summed E-state index contributed by atoms with van der Waals surface area (Å²) in [7, 11) is 1.38. The Morgan fingerprint density at radius 1 is 1.67 bits per heavy atom. The Labute approximate surface area is 73.4 Å². The summed E-state index contributed by atoms with van der Waals surface area (Å²) < 4.78 is 9.81. The third-order valence-electron chi connectivity index (χ3n) is 1.53. The van der Waals surface area contributed by atoms with Crippen LogP contribution in [0.15, 0.2) is 12.7 Å². The van der Waals surface area contributed by atoms with Crippen molar-refractivity contribution in [1.82, 2.24) is 0 Å². The monoisotopic (exact) mass is 172 g/mol. The molecule has 1 unspecified atom stereocenters. The van der Waals surface area contributed by atoms with Crippen LogP contribution in [0.25, 0.3) is 0 Å². The van der Waals surface area contributed by atoms with Gasteiger partial charge in [0.15, 0.2) is 0 Å². The normalized spacial score (nSPS) is 12.2. The summed E-state index contributed by atoms with van der Waals surface area (Å²) in [6.07, 6.45) is 2.75. The van der Waals surface area contributed by atoms with Crippen molar-refractivity contribution in [2.75, 3.05) is 13.7 Å². The summed E-state index contributed by atoms with van der Waals surface area (Å²) in [6.45, 7) is 5.98. The summed E-state index contributed by atoms with van der Waals surface area (Å²) in [5.74, 6) is -0.231. The lowest BCUT2D eigenvalue weighted by Gasteiger charge is -2.12. The maximum atomic E-state index is 10.8. The second-order valence-electron chi connectivity index (χ2n) is 2.43. The Kier molecular flexibility index (Phi) is 6.38. The highest BCUT2D eigenvalue weighted by Gasteiger charge is 2.11. The van der Waals surface area contributed by atoms with Gasteiger partial charge in [0.1, 0.15) is 0 Å². The van der Waals surface area contributed by atoms with Gasteiger partial charge in [-0.3, -0.25) is 4.79 Å². The molecule has 0 saturated heterocycles. The summed E-state index contributed by atoms with van der Waals surface area (Å²) in [5.41, 5.74) is 0. The highest BCUT2D eigenvalue weighted by Crippen LogP contribution is 2.04. The molecule has 0 aromatic rings. The van der Waals surface area contributed by atoms with E-state index in [0.29, 0.717) is 13.0 Å². The van der Waals surface area contributed by atoms with Gasteiger partial charge < -0.3 is 9.47 Å². The lowest BCUT2D eigenvalue weighted by atomic mass is 10.2. The molecule has 0 aromatic heterocycles. The van der Waals surface area contributed by atoms with Crippen LogP contribution in [0.2, 0.25) is 0 Å². The molecular formula is C9H16O3. The molecular weight excluding hydrogens is 156 g/mol. The van der Waals surface area contributed by atoms with E-state index in [4.69, 9.17) is 4.74 Å². The highest BCUT2D eigenvalue weighted by atomic mass is 16.5. The average Bonchev–Trinajstić information content (AvgIpc) is 2.11. The first kappa shape index (κ1) is 11.2. The molecule has 0 bridgehead atoms. The Balaban J connectivity index is 3.66. The van der Waals surface area contributed by atoms with E-state index < -0.39 is 0 Å². The SMILES string of the molecule is C=CCOC(CC)CC(=O)OC. The van der Waals surface area contributed by atoms with E-state index in [1.54, 1.807) is 6.08 Å². The maximum absolute atomic E-state index is 10.8. The third kappa shape index (κ3) is 4.91. The van der Waals surface area contributed by atoms with E-state index >= 15 is 0 Å². The smallest absolute Gasteiger partial charge is 0.308 e. The van der Waals surface area contributed by atoms with Crippen molar-refractivity contribution in [2.45, 2.75) is 25.9 Å². The molecule has 0 aliphatic rings. The first-order valence-electron chi connectivity index (χ1n) is 4.03. The fourth-order valence-corrected chi connectivity index (χ4v) is 0.794. The summed E-state index contributed by atoms with van der Waals surface area (Å²) in [4.78, 5) is 10.8. The molecule has 0 aliphatic heterocycles. The van der Waals surface area contributed by atoms with Crippen molar-refractivity contribution in [2.24, 2.45) is 0 Å². The van der Waals surface area contributed by atoms with E-state index in [1.807, 2.05) is 6.92 Å². The van der Waals surface area contributed by atoms with Gasteiger partial charge in [0, 0.05) is 0 Å². The van der Waals surface area contributed by atoms with Crippen LogP contribution in [0.1, 0.15) is 19.8 Å². The lowest BCUT2D eigenvalue weighted by molar-refractivity contribution is -0.143. The molecule has 0 N–H and O–H groups in total. The van der Waals surface area contributed by atoms with E-state index in [1.165, 1.54) is 7.11 Å². The minimum Gasteiger partial charge on any atom is -0.469 e. The Bertz CT molecular complexity index is 143. The minimum atomic E-state index is -0.231. The van der Waals surface area contributed by atoms with Gasteiger partial charge in [-0.15, -0.1) is 6.58 Å². The first-order valence-corrected chi connectivity index (χ1v) is 4.03. The average molecular weight is 172 g/mol. The molecule has 0 amide bonds. The molecule has 0 rings (SSSR count). The lowest BCUT2D eigenvalue weighted by Crippen LogP contribution is -2.17. The van der Waals surface area contributed by atoms with Crippen LogP contribution >= 0.6 is 0 Å². The minimum absolute atomic E-state index is 0.0459. The summed E-state index contributed by atoms with van der Waals surface area (Å²) in [5, 5.41) is 0. The fraction of sp³-hybridized carbons (Fsp3) is 0.667. The predicted molar refractivity (Wildman–Crippen MR) is 46.9 cm³/mol. The topological polar surface area (TPSA) is 35.5 Å². The molecule has 3 heteroatoms. The zero-order valence-corrected chi connectivity index (χ0v) is 7.71. The Morgan fingerprint density at radius 2 is 2.33 bits per heavy atom. The molecule has 0 spiro atoms. The molecule has 0 aromatic carbocycles.